The summed E-state index contributed by atoms with van der Waals surface area (Å²) in [4.78, 5) is 0. The van der Waals surface area contributed by atoms with Crippen LogP contribution in [0.1, 0.15) is 5.56 Å². The molecule has 0 saturated carbocycles. The fourth-order valence-corrected chi connectivity index (χ4v) is 1.52. The standard InChI is InChI=1S/C11H11ClN2/c1-8-3-4-9(5-11(8)12)10-6-13-14(2)7-10/h3-7H,1-2H3. The smallest absolute Gasteiger partial charge is 0.0568 e. The minimum absolute atomic E-state index is 0.798. The highest BCUT2D eigenvalue weighted by atomic mass is 35.5. The molecule has 0 spiro atoms. The van der Waals surface area contributed by atoms with Gasteiger partial charge in [-0.05, 0) is 24.1 Å². The molecule has 0 radical (unpaired) electrons. The van der Waals surface area contributed by atoms with E-state index in [1.807, 2.05) is 38.5 Å². The molecule has 0 amide bonds. The zero-order valence-corrected chi connectivity index (χ0v) is 8.92. The maximum Gasteiger partial charge on any atom is 0.0568 e. The number of benzene rings is 1. The zero-order valence-electron chi connectivity index (χ0n) is 8.16. The number of aromatic nitrogens is 2. The van der Waals surface area contributed by atoms with E-state index < -0.39 is 0 Å². The van der Waals surface area contributed by atoms with E-state index in [0.29, 0.717) is 0 Å². The molecule has 1 heterocycles. The van der Waals surface area contributed by atoms with Crippen molar-refractivity contribution in [1.29, 1.82) is 0 Å². The average molecular weight is 207 g/mol. The number of nitrogens with zero attached hydrogens (tertiary/aromatic N) is 2. The van der Waals surface area contributed by atoms with Crippen LogP contribution in [0.3, 0.4) is 0 Å². The first-order chi connectivity index (χ1) is 6.66. The van der Waals surface area contributed by atoms with E-state index in [2.05, 4.69) is 11.2 Å². The zero-order chi connectivity index (χ0) is 10.1. The lowest BCUT2D eigenvalue weighted by Gasteiger charge is -2.00. The normalized spacial score (nSPS) is 10.5. The third kappa shape index (κ3) is 1.66. The number of hydrogen-bond donors (Lipinski definition) is 0. The Morgan fingerprint density at radius 3 is 2.64 bits per heavy atom. The number of halogens is 1. The molecule has 2 rings (SSSR count). The lowest BCUT2D eigenvalue weighted by molar-refractivity contribution is 0.768. The predicted octanol–water partition coefficient (Wildman–Crippen LogP) is 3.05. The van der Waals surface area contributed by atoms with Crippen molar-refractivity contribution in [2.45, 2.75) is 6.92 Å². The Balaban J connectivity index is 2.47. The van der Waals surface area contributed by atoms with E-state index in [1.54, 1.807) is 4.68 Å². The molecule has 3 heteroatoms. The van der Waals surface area contributed by atoms with Crippen LogP contribution < -0.4 is 0 Å². The van der Waals surface area contributed by atoms with Gasteiger partial charge in [0.25, 0.3) is 0 Å². The number of hydrogen-bond acceptors (Lipinski definition) is 1. The summed E-state index contributed by atoms with van der Waals surface area (Å²) in [7, 11) is 1.90. The highest BCUT2D eigenvalue weighted by Gasteiger charge is 2.02. The van der Waals surface area contributed by atoms with E-state index in [4.69, 9.17) is 11.6 Å². The van der Waals surface area contributed by atoms with E-state index in [-0.39, 0.29) is 0 Å². The average Bonchev–Trinajstić information content (AvgIpc) is 2.57. The van der Waals surface area contributed by atoms with Crippen LogP contribution in [0, 0.1) is 6.92 Å². The van der Waals surface area contributed by atoms with Gasteiger partial charge in [0.15, 0.2) is 0 Å². The van der Waals surface area contributed by atoms with E-state index >= 15 is 0 Å². The van der Waals surface area contributed by atoms with Crippen molar-refractivity contribution in [1.82, 2.24) is 9.78 Å². The minimum atomic E-state index is 0.798. The van der Waals surface area contributed by atoms with Gasteiger partial charge in [-0.25, -0.2) is 0 Å². The summed E-state index contributed by atoms with van der Waals surface area (Å²) in [6.07, 6.45) is 3.81. The number of aryl methyl sites for hydroxylation is 2. The molecule has 1 aromatic carbocycles. The third-order valence-corrected chi connectivity index (χ3v) is 2.62. The molecule has 2 aromatic rings. The fourth-order valence-electron chi connectivity index (χ4n) is 1.34. The van der Waals surface area contributed by atoms with Gasteiger partial charge in [-0.3, -0.25) is 4.68 Å². The Hall–Kier alpha value is -1.28. The molecule has 2 nitrogen and oxygen atoms in total. The second-order valence-corrected chi connectivity index (χ2v) is 3.77. The van der Waals surface area contributed by atoms with Gasteiger partial charge in [0.2, 0.25) is 0 Å². The van der Waals surface area contributed by atoms with E-state index in [1.165, 1.54) is 0 Å². The topological polar surface area (TPSA) is 17.8 Å². The van der Waals surface area contributed by atoms with Gasteiger partial charge in [0.05, 0.1) is 6.20 Å². The van der Waals surface area contributed by atoms with Crippen LogP contribution in [0.5, 0.6) is 0 Å². The first-order valence-electron chi connectivity index (χ1n) is 4.42. The fraction of sp³-hybridized carbons (Fsp3) is 0.182. The summed E-state index contributed by atoms with van der Waals surface area (Å²) in [5, 5.41) is 4.92. The maximum atomic E-state index is 6.04. The summed E-state index contributed by atoms with van der Waals surface area (Å²) < 4.78 is 1.78. The van der Waals surface area contributed by atoms with Crippen molar-refractivity contribution in [3.05, 3.63) is 41.2 Å². The van der Waals surface area contributed by atoms with Crippen molar-refractivity contribution in [2.75, 3.05) is 0 Å². The molecule has 0 atom stereocenters. The maximum absolute atomic E-state index is 6.04. The Bertz CT molecular complexity index is 460. The van der Waals surface area contributed by atoms with Crippen molar-refractivity contribution < 1.29 is 0 Å². The molecule has 0 aliphatic rings. The molecule has 0 saturated heterocycles. The Morgan fingerprint density at radius 2 is 2.07 bits per heavy atom. The monoisotopic (exact) mass is 206 g/mol. The van der Waals surface area contributed by atoms with E-state index in [9.17, 15) is 0 Å². The molecule has 0 N–H and O–H groups in total. The highest BCUT2D eigenvalue weighted by molar-refractivity contribution is 6.31. The van der Waals surface area contributed by atoms with Gasteiger partial charge in [0, 0.05) is 23.8 Å². The lowest BCUT2D eigenvalue weighted by atomic mass is 10.1. The van der Waals surface area contributed by atoms with Gasteiger partial charge in [-0.15, -0.1) is 0 Å². The molecule has 0 aliphatic heterocycles. The first kappa shape index (κ1) is 9.28. The summed E-state index contributed by atoms with van der Waals surface area (Å²) in [6.45, 7) is 2.00. The molecule has 1 aromatic heterocycles. The SMILES string of the molecule is Cc1ccc(-c2cnn(C)c2)cc1Cl. The third-order valence-electron chi connectivity index (χ3n) is 2.21. The largest absolute Gasteiger partial charge is 0.275 e. The first-order valence-corrected chi connectivity index (χ1v) is 4.80. The lowest BCUT2D eigenvalue weighted by Crippen LogP contribution is -1.84. The molecule has 0 fully saturated rings. The Kier molecular flexibility index (Phi) is 2.30. The van der Waals surface area contributed by atoms with Crippen LogP contribution >= 0.6 is 11.6 Å². The summed E-state index contributed by atoms with van der Waals surface area (Å²) >= 11 is 6.04. The van der Waals surface area contributed by atoms with Crippen LogP contribution in [-0.2, 0) is 7.05 Å². The van der Waals surface area contributed by atoms with Gasteiger partial charge in [-0.1, -0.05) is 23.7 Å². The summed E-state index contributed by atoms with van der Waals surface area (Å²) in [5.41, 5.74) is 3.29. The van der Waals surface area contributed by atoms with Crippen LogP contribution in [-0.4, -0.2) is 9.78 Å². The van der Waals surface area contributed by atoms with Gasteiger partial charge < -0.3 is 0 Å². The van der Waals surface area contributed by atoms with Crippen LogP contribution in [0.4, 0.5) is 0 Å². The van der Waals surface area contributed by atoms with E-state index in [0.717, 1.165) is 21.7 Å². The van der Waals surface area contributed by atoms with Crippen molar-refractivity contribution >= 4 is 11.6 Å². The van der Waals surface area contributed by atoms with Crippen molar-refractivity contribution in [2.24, 2.45) is 7.05 Å². The Labute approximate surface area is 88.1 Å². The van der Waals surface area contributed by atoms with Crippen molar-refractivity contribution in [3.63, 3.8) is 0 Å². The molecular weight excluding hydrogens is 196 g/mol. The molecule has 14 heavy (non-hydrogen) atoms. The second-order valence-electron chi connectivity index (χ2n) is 3.37. The van der Waals surface area contributed by atoms with Crippen LogP contribution in [0.15, 0.2) is 30.6 Å². The summed E-state index contributed by atoms with van der Waals surface area (Å²) in [5.74, 6) is 0. The van der Waals surface area contributed by atoms with Crippen LogP contribution in [0.2, 0.25) is 5.02 Å². The predicted molar refractivity (Wildman–Crippen MR) is 58.4 cm³/mol. The second kappa shape index (κ2) is 3.46. The summed E-state index contributed by atoms with van der Waals surface area (Å²) in [6, 6.07) is 6.04. The molecule has 0 aliphatic carbocycles. The van der Waals surface area contributed by atoms with Gasteiger partial charge in [-0.2, -0.15) is 5.10 Å². The highest BCUT2D eigenvalue weighted by Crippen LogP contribution is 2.24. The van der Waals surface area contributed by atoms with Gasteiger partial charge in [0.1, 0.15) is 0 Å². The molecular formula is C11H11ClN2. The quantitative estimate of drug-likeness (QED) is 0.701. The Morgan fingerprint density at radius 1 is 1.29 bits per heavy atom. The molecule has 0 unspecified atom stereocenters. The van der Waals surface area contributed by atoms with Crippen molar-refractivity contribution in [3.8, 4) is 11.1 Å². The minimum Gasteiger partial charge on any atom is -0.275 e. The number of rotatable bonds is 1. The molecule has 72 valence electrons. The molecule has 0 bridgehead atoms. The van der Waals surface area contributed by atoms with Gasteiger partial charge >= 0.3 is 0 Å². The van der Waals surface area contributed by atoms with Crippen LogP contribution in [0.25, 0.3) is 11.1 Å².